The van der Waals surface area contributed by atoms with Gasteiger partial charge in [0.15, 0.2) is 0 Å². The summed E-state index contributed by atoms with van der Waals surface area (Å²) in [6, 6.07) is 10.0. The molecule has 4 amide bonds. The van der Waals surface area contributed by atoms with Gasteiger partial charge in [-0.15, -0.1) is 0 Å². The summed E-state index contributed by atoms with van der Waals surface area (Å²) in [5.74, 6) is -1.53. The first-order valence-electron chi connectivity index (χ1n) is 8.17. The van der Waals surface area contributed by atoms with Crippen LogP contribution < -0.4 is 10.6 Å². The van der Waals surface area contributed by atoms with Gasteiger partial charge in [-0.2, -0.15) is 0 Å². The average molecular weight is 434 g/mol. The highest BCUT2D eigenvalue weighted by Crippen LogP contribution is 2.29. The molecular formula is C19H17BrFN3O3. The Bertz CT molecular complexity index is 932. The number of urea groups is 1. The topological polar surface area (TPSA) is 78.5 Å². The van der Waals surface area contributed by atoms with Crippen molar-refractivity contribution in [3.63, 3.8) is 0 Å². The molecular weight excluding hydrogens is 417 g/mol. The van der Waals surface area contributed by atoms with Gasteiger partial charge in [0.05, 0.1) is 5.69 Å². The zero-order chi connectivity index (χ0) is 19.8. The summed E-state index contributed by atoms with van der Waals surface area (Å²) in [5.41, 5.74) is 0.643. The van der Waals surface area contributed by atoms with Crippen LogP contribution in [0.5, 0.6) is 0 Å². The molecule has 2 N–H and O–H groups in total. The highest BCUT2D eigenvalue weighted by molar-refractivity contribution is 9.10. The van der Waals surface area contributed by atoms with Gasteiger partial charge in [-0.1, -0.05) is 18.2 Å². The quantitative estimate of drug-likeness (QED) is 0.725. The molecule has 3 rings (SSSR count). The molecule has 0 bridgehead atoms. The Kier molecular flexibility index (Phi) is 5.01. The predicted molar refractivity (Wildman–Crippen MR) is 102 cm³/mol. The normalized spacial score (nSPS) is 19.2. The fourth-order valence-corrected chi connectivity index (χ4v) is 3.47. The van der Waals surface area contributed by atoms with Crippen molar-refractivity contribution in [2.24, 2.45) is 0 Å². The molecule has 0 aromatic heterocycles. The number of carbonyl (C=O) groups excluding carboxylic acids is 3. The predicted octanol–water partition coefficient (Wildman–Crippen LogP) is 3.30. The summed E-state index contributed by atoms with van der Waals surface area (Å²) < 4.78 is 13.8. The summed E-state index contributed by atoms with van der Waals surface area (Å²) in [7, 11) is 0. The van der Waals surface area contributed by atoms with Crippen LogP contribution in [0.3, 0.4) is 0 Å². The number of anilines is 1. The van der Waals surface area contributed by atoms with Crippen LogP contribution in [0.2, 0.25) is 0 Å². The molecule has 1 saturated heterocycles. The molecule has 8 heteroatoms. The first kappa shape index (κ1) is 19.0. The van der Waals surface area contributed by atoms with Crippen molar-refractivity contribution in [2.75, 3.05) is 11.9 Å². The lowest BCUT2D eigenvalue weighted by atomic mass is 9.92. The molecule has 1 unspecified atom stereocenters. The van der Waals surface area contributed by atoms with Gasteiger partial charge in [0.2, 0.25) is 5.91 Å². The number of carbonyl (C=O) groups is 3. The first-order chi connectivity index (χ1) is 12.7. The highest BCUT2D eigenvalue weighted by atomic mass is 79.9. The van der Waals surface area contributed by atoms with Crippen molar-refractivity contribution in [1.29, 1.82) is 0 Å². The Balaban J connectivity index is 1.75. The van der Waals surface area contributed by atoms with Crippen LogP contribution in [0.25, 0.3) is 0 Å². The molecule has 0 spiro atoms. The van der Waals surface area contributed by atoms with Crippen molar-refractivity contribution < 1.29 is 18.8 Å². The molecule has 6 nitrogen and oxygen atoms in total. The summed E-state index contributed by atoms with van der Waals surface area (Å²) >= 11 is 3.36. The summed E-state index contributed by atoms with van der Waals surface area (Å²) in [4.78, 5) is 38.2. The van der Waals surface area contributed by atoms with Crippen LogP contribution in [0.15, 0.2) is 46.9 Å². The summed E-state index contributed by atoms with van der Waals surface area (Å²) in [6.45, 7) is 3.01. The van der Waals surface area contributed by atoms with Gasteiger partial charge in [-0.3, -0.25) is 14.5 Å². The Labute approximate surface area is 163 Å². The van der Waals surface area contributed by atoms with E-state index in [-0.39, 0.29) is 0 Å². The first-order valence-corrected chi connectivity index (χ1v) is 8.96. The molecule has 0 radical (unpaired) electrons. The fraction of sp³-hybridized carbons (Fsp3) is 0.211. The zero-order valence-electron chi connectivity index (χ0n) is 14.7. The number of imide groups is 1. The third-order valence-corrected chi connectivity index (χ3v) is 5.05. The standard InChI is InChI=1S/C19H17BrFN3O3/c1-11-3-8-15(14(20)9-11)22-16(25)10-24-17(26)19(2,23-18(24)27)12-4-6-13(21)7-5-12/h3-9H,10H2,1-2H3,(H,22,25)(H,23,27). The van der Waals surface area contributed by atoms with Gasteiger partial charge >= 0.3 is 6.03 Å². The molecule has 2 aromatic rings. The van der Waals surface area contributed by atoms with E-state index in [1.54, 1.807) is 6.07 Å². The van der Waals surface area contributed by atoms with Crippen LogP contribution in [-0.2, 0) is 15.1 Å². The van der Waals surface area contributed by atoms with Crippen LogP contribution in [-0.4, -0.2) is 29.3 Å². The van der Waals surface area contributed by atoms with E-state index in [1.165, 1.54) is 31.2 Å². The number of benzene rings is 2. The second-order valence-electron chi connectivity index (χ2n) is 6.48. The largest absolute Gasteiger partial charge is 0.325 e. The third-order valence-electron chi connectivity index (χ3n) is 4.40. The van der Waals surface area contributed by atoms with E-state index in [0.717, 1.165) is 10.5 Å². The van der Waals surface area contributed by atoms with Crippen molar-refractivity contribution in [2.45, 2.75) is 19.4 Å². The monoisotopic (exact) mass is 433 g/mol. The van der Waals surface area contributed by atoms with Gasteiger partial charge in [0.25, 0.3) is 5.91 Å². The van der Waals surface area contributed by atoms with E-state index < -0.39 is 35.7 Å². The van der Waals surface area contributed by atoms with E-state index in [1.807, 2.05) is 19.1 Å². The van der Waals surface area contributed by atoms with Crippen molar-refractivity contribution in [3.8, 4) is 0 Å². The fourth-order valence-electron chi connectivity index (χ4n) is 2.87. The Morgan fingerprint density at radius 2 is 1.89 bits per heavy atom. The molecule has 1 fully saturated rings. The maximum atomic E-state index is 13.1. The van der Waals surface area contributed by atoms with Crippen LogP contribution >= 0.6 is 15.9 Å². The number of rotatable bonds is 4. The molecule has 140 valence electrons. The molecule has 1 aliphatic rings. The van der Waals surface area contributed by atoms with E-state index in [0.29, 0.717) is 15.7 Å². The van der Waals surface area contributed by atoms with Crippen molar-refractivity contribution >= 4 is 39.5 Å². The maximum Gasteiger partial charge on any atom is 0.325 e. The van der Waals surface area contributed by atoms with Crippen molar-refractivity contribution in [1.82, 2.24) is 10.2 Å². The van der Waals surface area contributed by atoms with Gasteiger partial charge in [-0.25, -0.2) is 9.18 Å². The highest BCUT2D eigenvalue weighted by Gasteiger charge is 2.49. The number of aryl methyl sites for hydroxylation is 1. The molecule has 1 aliphatic heterocycles. The van der Waals surface area contributed by atoms with E-state index in [4.69, 9.17) is 0 Å². The Morgan fingerprint density at radius 1 is 1.22 bits per heavy atom. The lowest BCUT2D eigenvalue weighted by Gasteiger charge is -2.22. The molecule has 0 aliphatic carbocycles. The van der Waals surface area contributed by atoms with Crippen LogP contribution in [0, 0.1) is 12.7 Å². The van der Waals surface area contributed by atoms with Gasteiger partial charge in [0, 0.05) is 4.47 Å². The molecule has 1 heterocycles. The number of hydrogen-bond acceptors (Lipinski definition) is 3. The number of hydrogen-bond donors (Lipinski definition) is 2. The van der Waals surface area contributed by atoms with E-state index in [9.17, 15) is 18.8 Å². The smallest absolute Gasteiger partial charge is 0.323 e. The molecule has 0 saturated carbocycles. The molecule has 2 aromatic carbocycles. The van der Waals surface area contributed by atoms with Crippen LogP contribution in [0.4, 0.5) is 14.9 Å². The molecule has 27 heavy (non-hydrogen) atoms. The Morgan fingerprint density at radius 3 is 2.52 bits per heavy atom. The summed E-state index contributed by atoms with van der Waals surface area (Å²) in [6.07, 6.45) is 0. The van der Waals surface area contributed by atoms with Crippen LogP contribution in [0.1, 0.15) is 18.1 Å². The minimum absolute atomic E-state index is 0.429. The number of amides is 4. The number of nitrogens with zero attached hydrogens (tertiary/aromatic N) is 1. The second-order valence-corrected chi connectivity index (χ2v) is 7.34. The van der Waals surface area contributed by atoms with Gasteiger partial charge < -0.3 is 10.6 Å². The van der Waals surface area contributed by atoms with E-state index in [2.05, 4.69) is 26.6 Å². The minimum atomic E-state index is -1.35. The third kappa shape index (κ3) is 3.71. The zero-order valence-corrected chi connectivity index (χ0v) is 16.3. The van der Waals surface area contributed by atoms with Gasteiger partial charge in [-0.05, 0) is 65.2 Å². The Hall–Kier alpha value is -2.74. The average Bonchev–Trinajstić information content (AvgIpc) is 2.82. The minimum Gasteiger partial charge on any atom is -0.323 e. The molecule has 1 atom stereocenters. The van der Waals surface area contributed by atoms with Gasteiger partial charge in [0.1, 0.15) is 17.9 Å². The van der Waals surface area contributed by atoms with Crippen molar-refractivity contribution in [3.05, 3.63) is 63.9 Å². The second kappa shape index (κ2) is 7.11. The number of nitrogens with one attached hydrogen (secondary N) is 2. The van der Waals surface area contributed by atoms with E-state index >= 15 is 0 Å². The maximum absolute atomic E-state index is 13.1. The SMILES string of the molecule is Cc1ccc(NC(=O)CN2C(=O)NC(C)(c3ccc(F)cc3)C2=O)c(Br)c1. The summed E-state index contributed by atoms with van der Waals surface area (Å²) in [5, 5.41) is 5.25. The lowest BCUT2D eigenvalue weighted by Crippen LogP contribution is -2.42. The number of halogens is 2. The lowest BCUT2D eigenvalue weighted by molar-refractivity contribution is -0.133.